The SMILES string of the molecule is O=S(=O)(NCCCCC(F)(F)F)C1CCCNC1. The van der Waals surface area contributed by atoms with Gasteiger partial charge >= 0.3 is 6.18 Å². The van der Waals surface area contributed by atoms with E-state index in [1.165, 1.54) is 0 Å². The zero-order valence-corrected chi connectivity index (χ0v) is 10.9. The molecule has 1 heterocycles. The van der Waals surface area contributed by atoms with Gasteiger partial charge in [0, 0.05) is 19.5 Å². The molecular formula is C10H19F3N2O2S. The van der Waals surface area contributed by atoms with Crippen LogP contribution in [0.2, 0.25) is 0 Å². The van der Waals surface area contributed by atoms with E-state index in [2.05, 4.69) is 10.0 Å². The third-order valence-electron chi connectivity index (χ3n) is 2.88. The van der Waals surface area contributed by atoms with Crippen LogP contribution in [0.25, 0.3) is 0 Å². The maximum atomic E-state index is 11.9. The summed E-state index contributed by atoms with van der Waals surface area (Å²) < 4.78 is 61.5. The Kier molecular flexibility index (Phi) is 5.87. The van der Waals surface area contributed by atoms with Gasteiger partial charge in [0.05, 0.1) is 5.25 Å². The first-order valence-corrected chi connectivity index (χ1v) is 7.62. The molecule has 0 saturated carbocycles. The maximum absolute atomic E-state index is 11.9. The van der Waals surface area contributed by atoms with E-state index in [0.29, 0.717) is 13.0 Å². The van der Waals surface area contributed by atoms with Crippen LogP contribution in [0.15, 0.2) is 0 Å². The maximum Gasteiger partial charge on any atom is 0.389 e. The summed E-state index contributed by atoms with van der Waals surface area (Å²) in [5, 5.41) is 2.53. The summed E-state index contributed by atoms with van der Waals surface area (Å²) in [4.78, 5) is 0. The Hall–Kier alpha value is -0.340. The Morgan fingerprint density at radius 2 is 2.00 bits per heavy atom. The Morgan fingerprint density at radius 1 is 1.28 bits per heavy atom. The molecule has 0 spiro atoms. The lowest BCUT2D eigenvalue weighted by Crippen LogP contribution is -2.44. The minimum Gasteiger partial charge on any atom is -0.315 e. The summed E-state index contributed by atoms with van der Waals surface area (Å²) in [6, 6.07) is 0. The lowest BCUT2D eigenvalue weighted by atomic mass is 10.2. The fourth-order valence-corrected chi connectivity index (χ4v) is 3.35. The van der Waals surface area contributed by atoms with Crippen molar-refractivity contribution >= 4 is 10.0 Å². The number of sulfonamides is 1. The van der Waals surface area contributed by atoms with E-state index in [0.717, 1.165) is 13.0 Å². The molecule has 0 aromatic carbocycles. The number of piperidine rings is 1. The van der Waals surface area contributed by atoms with Crippen LogP contribution in [0, 0.1) is 0 Å². The van der Waals surface area contributed by atoms with Crippen molar-refractivity contribution in [1.29, 1.82) is 0 Å². The van der Waals surface area contributed by atoms with E-state index < -0.39 is 27.9 Å². The molecule has 0 aromatic rings. The average Bonchev–Trinajstić information content (AvgIpc) is 2.28. The van der Waals surface area contributed by atoms with Crippen LogP contribution in [0.3, 0.4) is 0 Å². The number of rotatable bonds is 6. The average molecular weight is 288 g/mol. The van der Waals surface area contributed by atoms with E-state index in [1.807, 2.05) is 0 Å². The Bertz CT molecular complexity index is 338. The lowest BCUT2D eigenvalue weighted by molar-refractivity contribution is -0.135. The van der Waals surface area contributed by atoms with Crippen molar-refractivity contribution in [3.8, 4) is 0 Å². The van der Waals surface area contributed by atoms with Crippen molar-refractivity contribution in [1.82, 2.24) is 10.0 Å². The molecule has 0 aliphatic carbocycles. The summed E-state index contributed by atoms with van der Waals surface area (Å²) in [5.74, 6) is 0. The summed E-state index contributed by atoms with van der Waals surface area (Å²) in [6.07, 6.45) is -3.45. The zero-order valence-electron chi connectivity index (χ0n) is 10.1. The van der Waals surface area contributed by atoms with E-state index in [4.69, 9.17) is 0 Å². The second kappa shape index (κ2) is 6.72. The van der Waals surface area contributed by atoms with Gasteiger partial charge in [0.2, 0.25) is 10.0 Å². The first-order valence-electron chi connectivity index (χ1n) is 6.07. The van der Waals surface area contributed by atoms with E-state index in [9.17, 15) is 21.6 Å². The number of halogens is 3. The third-order valence-corrected chi connectivity index (χ3v) is 4.77. The predicted molar refractivity (Wildman–Crippen MR) is 62.7 cm³/mol. The summed E-state index contributed by atoms with van der Waals surface area (Å²) in [7, 11) is -3.39. The van der Waals surface area contributed by atoms with Crippen molar-refractivity contribution in [2.75, 3.05) is 19.6 Å². The molecule has 2 N–H and O–H groups in total. The van der Waals surface area contributed by atoms with Crippen LogP contribution >= 0.6 is 0 Å². The molecule has 0 aromatic heterocycles. The van der Waals surface area contributed by atoms with Gasteiger partial charge in [-0.1, -0.05) is 0 Å². The van der Waals surface area contributed by atoms with Gasteiger partial charge in [-0.15, -0.1) is 0 Å². The standard InChI is InChI=1S/C10H19F3N2O2S/c11-10(12,13)5-1-2-7-15-18(16,17)9-4-3-6-14-8-9/h9,14-15H,1-8H2. The highest BCUT2D eigenvalue weighted by molar-refractivity contribution is 7.90. The lowest BCUT2D eigenvalue weighted by Gasteiger charge is -2.23. The van der Waals surface area contributed by atoms with Gasteiger partial charge in [-0.25, -0.2) is 13.1 Å². The summed E-state index contributed by atoms with van der Waals surface area (Å²) in [6.45, 7) is 1.31. The molecule has 1 fully saturated rings. The zero-order chi connectivity index (χ0) is 13.6. The molecule has 0 bridgehead atoms. The first-order chi connectivity index (χ1) is 8.31. The molecule has 1 unspecified atom stereocenters. The second-order valence-corrected chi connectivity index (χ2v) is 6.53. The van der Waals surface area contributed by atoms with Gasteiger partial charge in [0.1, 0.15) is 0 Å². The van der Waals surface area contributed by atoms with Gasteiger partial charge in [-0.05, 0) is 32.2 Å². The molecule has 1 aliphatic rings. The van der Waals surface area contributed by atoms with Crippen LogP contribution < -0.4 is 10.0 Å². The van der Waals surface area contributed by atoms with Crippen molar-refractivity contribution in [3.05, 3.63) is 0 Å². The number of hydrogen-bond donors (Lipinski definition) is 2. The van der Waals surface area contributed by atoms with E-state index in [-0.39, 0.29) is 19.4 Å². The highest BCUT2D eigenvalue weighted by atomic mass is 32.2. The molecule has 0 amide bonds. The fraction of sp³-hybridized carbons (Fsp3) is 1.00. The Morgan fingerprint density at radius 3 is 2.56 bits per heavy atom. The topological polar surface area (TPSA) is 58.2 Å². The smallest absolute Gasteiger partial charge is 0.315 e. The minimum atomic E-state index is -4.16. The molecular weight excluding hydrogens is 269 g/mol. The molecule has 1 aliphatic heterocycles. The van der Waals surface area contributed by atoms with Gasteiger partial charge in [-0.2, -0.15) is 13.2 Å². The molecule has 108 valence electrons. The Balaban J connectivity index is 2.21. The van der Waals surface area contributed by atoms with Crippen LogP contribution in [-0.4, -0.2) is 39.5 Å². The van der Waals surface area contributed by atoms with E-state index in [1.54, 1.807) is 0 Å². The van der Waals surface area contributed by atoms with Crippen molar-refractivity contribution < 1.29 is 21.6 Å². The van der Waals surface area contributed by atoms with Gasteiger partial charge in [0.15, 0.2) is 0 Å². The highest BCUT2D eigenvalue weighted by Crippen LogP contribution is 2.22. The van der Waals surface area contributed by atoms with Gasteiger partial charge < -0.3 is 5.32 Å². The van der Waals surface area contributed by atoms with Gasteiger partial charge in [0.25, 0.3) is 0 Å². The molecule has 0 radical (unpaired) electrons. The number of nitrogens with one attached hydrogen (secondary N) is 2. The summed E-state index contributed by atoms with van der Waals surface area (Å²) in [5.41, 5.74) is 0. The van der Waals surface area contributed by atoms with Crippen LogP contribution in [-0.2, 0) is 10.0 Å². The van der Waals surface area contributed by atoms with Gasteiger partial charge in [-0.3, -0.25) is 0 Å². The third kappa shape index (κ3) is 6.01. The highest BCUT2D eigenvalue weighted by Gasteiger charge is 2.27. The van der Waals surface area contributed by atoms with Crippen LogP contribution in [0.1, 0.15) is 32.1 Å². The molecule has 18 heavy (non-hydrogen) atoms. The molecule has 1 atom stereocenters. The molecule has 1 saturated heterocycles. The normalized spacial score (nSPS) is 22.1. The fourth-order valence-electron chi connectivity index (χ4n) is 1.87. The largest absolute Gasteiger partial charge is 0.389 e. The molecule has 8 heteroatoms. The van der Waals surface area contributed by atoms with E-state index >= 15 is 0 Å². The number of alkyl halides is 3. The quantitative estimate of drug-likeness (QED) is 0.726. The van der Waals surface area contributed by atoms with Crippen molar-refractivity contribution in [2.45, 2.75) is 43.5 Å². The minimum absolute atomic E-state index is 0.0467. The first kappa shape index (κ1) is 15.7. The van der Waals surface area contributed by atoms with Crippen LogP contribution in [0.5, 0.6) is 0 Å². The number of unbranched alkanes of at least 4 members (excludes halogenated alkanes) is 1. The monoisotopic (exact) mass is 288 g/mol. The molecule has 1 rings (SSSR count). The predicted octanol–water partition coefficient (Wildman–Crippen LogP) is 1.39. The Labute approximate surface area is 105 Å². The molecule has 4 nitrogen and oxygen atoms in total. The van der Waals surface area contributed by atoms with Crippen LogP contribution in [0.4, 0.5) is 13.2 Å². The van der Waals surface area contributed by atoms with Crippen molar-refractivity contribution in [2.24, 2.45) is 0 Å². The van der Waals surface area contributed by atoms with Crippen molar-refractivity contribution in [3.63, 3.8) is 0 Å². The number of hydrogen-bond acceptors (Lipinski definition) is 3. The second-order valence-electron chi connectivity index (χ2n) is 4.48. The summed E-state index contributed by atoms with van der Waals surface area (Å²) >= 11 is 0.